The van der Waals surface area contributed by atoms with Gasteiger partial charge in [-0.15, -0.1) is 0 Å². The minimum atomic E-state index is -1.21. The molecule has 0 nitrogen and oxygen atoms in total. The fourth-order valence-electron chi connectivity index (χ4n) is 1.87. The smallest absolute Gasteiger partial charge is 0.0656 e. The van der Waals surface area contributed by atoms with Crippen LogP contribution in [-0.2, 0) is 0 Å². The van der Waals surface area contributed by atoms with Crippen LogP contribution in [0.5, 0.6) is 0 Å². The van der Waals surface area contributed by atoms with Crippen LogP contribution in [0.4, 0.5) is 0 Å². The normalized spacial score (nSPS) is 11.9. The molecule has 0 aliphatic carbocycles. The van der Waals surface area contributed by atoms with Crippen molar-refractivity contribution in [2.45, 2.75) is 19.6 Å². The zero-order chi connectivity index (χ0) is 13.0. The molecule has 2 rings (SSSR count). The fourth-order valence-corrected chi connectivity index (χ4v) is 3.06. The lowest BCUT2D eigenvalue weighted by molar-refractivity contribution is 1.64. The summed E-state index contributed by atoms with van der Waals surface area (Å²) >= 11 is 0. The van der Waals surface area contributed by atoms with Crippen LogP contribution in [-0.4, -0.2) is 8.07 Å². The van der Waals surface area contributed by atoms with Crippen molar-refractivity contribution in [1.29, 1.82) is 0 Å². The molecule has 0 amide bonds. The molecule has 0 saturated carbocycles. The Morgan fingerprint density at radius 2 is 1.33 bits per heavy atom. The van der Waals surface area contributed by atoms with Crippen LogP contribution in [0.2, 0.25) is 19.6 Å². The molecule has 0 heterocycles. The summed E-state index contributed by atoms with van der Waals surface area (Å²) in [6.07, 6.45) is 4.36. The van der Waals surface area contributed by atoms with Gasteiger partial charge in [0.2, 0.25) is 0 Å². The third-order valence-corrected chi connectivity index (χ3v) is 5.06. The van der Waals surface area contributed by atoms with Crippen LogP contribution >= 0.6 is 0 Å². The molecule has 2 aromatic rings. The molecule has 0 spiro atoms. The molecule has 0 atom stereocenters. The second kappa shape index (κ2) is 5.36. The highest BCUT2D eigenvalue weighted by Gasteiger charge is 2.15. The van der Waals surface area contributed by atoms with E-state index in [0.29, 0.717) is 0 Å². The quantitative estimate of drug-likeness (QED) is 0.561. The van der Waals surface area contributed by atoms with Crippen molar-refractivity contribution in [2.24, 2.45) is 0 Å². The first-order valence-electron chi connectivity index (χ1n) is 6.39. The van der Waals surface area contributed by atoms with Gasteiger partial charge in [0.1, 0.15) is 0 Å². The van der Waals surface area contributed by atoms with Gasteiger partial charge in [-0.1, -0.05) is 91.6 Å². The molecule has 92 valence electrons. The number of hydrogen-bond acceptors (Lipinski definition) is 0. The molecular weight excluding hydrogens is 232 g/mol. The molecule has 0 saturated heterocycles. The van der Waals surface area contributed by atoms with Crippen LogP contribution in [0.1, 0.15) is 11.1 Å². The van der Waals surface area contributed by atoms with Gasteiger partial charge in [0.15, 0.2) is 0 Å². The second-order valence-electron chi connectivity index (χ2n) is 5.62. The van der Waals surface area contributed by atoms with E-state index >= 15 is 0 Å². The molecule has 0 N–H and O–H groups in total. The Labute approximate surface area is 111 Å². The second-order valence-corrected chi connectivity index (χ2v) is 10.7. The molecule has 0 aliphatic rings. The van der Waals surface area contributed by atoms with Gasteiger partial charge in [0.05, 0.1) is 8.07 Å². The Morgan fingerprint density at radius 3 is 2.00 bits per heavy atom. The minimum absolute atomic E-state index is 1.21. The van der Waals surface area contributed by atoms with E-state index < -0.39 is 8.07 Å². The third kappa shape index (κ3) is 3.44. The van der Waals surface area contributed by atoms with Crippen LogP contribution in [0, 0.1) is 0 Å². The van der Waals surface area contributed by atoms with Crippen LogP contribution in [0.25, 0.3) is 12.2 Å². The van der Waals surface area contributed by atoms with Crippen molar-refractivity contribution in [3.8, 4) is 0 Å². The van der Waals surface area contributed by atoms with E-state index in [1.807, 2.05) is 6.07 Å². The van der Waals surface area contributed by atoms with E-state index in [4.69, 9.17) is 0 Å². The third-order valence-electron chi connectivity index (χ3n) is 3.02. The predicted molar refractivity (Wildman–Crippen MR) is 84.8 cm³/mol. The van der Waals surface area contributed by atoms with E-state index in [9.17, 15) is 0 Å². The first-order chi connectivity index (χ1) is 8.55. The Morgan fingerprint density at radius 1 is 0.722 bits per heavy atom. The standard InChI is InChI=1S/C17H20Si/c1-18(2,3)17-11-7-10-16(14-17)13-12-15-8-5-4-6-9-15/h4-14H,1-3H3. The highest BCUT2D eigenvalue weighted by molar-refractivity contribution is 6.88. The topological polar surface area (TPSA) is 0 Å². The monoisotopic (exact) mass is 252 g/mol. The zero-order valence-electron chi connectivity index (χ0n) is 11.4. The molecule has 1 heteroatoms. The lowest BCUT2D eigenvalue weighted by atomic mass is 10.1. The summed E-state index contributed by atoms with van der Waals surface area (Å²) in [4.78, 5) is 0. The maximum atomic E-state index is 2.38. The van der Waals surface area contributed by atoms with E-state index in [0.717, 1.165) is 0 Å². The van der Waals surface area contributed by atoms with Gasteiger partial charge >= 0.3 is 0 Å². The highest BCUT2D eigenvalue weighted by atomic mass is 28.3. The van der Waals surface area contributed by atoms with Crippen molar-refractivity contribution < 1.29 is 0 Å². The average Bonchev–Trinajstić information content (AvgIpc) is 2.37. The Balaban J connectivity index is 2.23. The largest absolute Gasteiger partial charge is 0.0776 e. The van der Waals surface area contributed by atoms with Crippen LogP contribution in [0.3, 0.4) is 0 Å². The van der Waals surface area contributed by atoms with Crippen LogP contribution < -0.4 is 5.19 Å². The van der Waals surface area contributed by atoms with Crippen molar-refractivity contribution in [3.05, 3.63) is 65.7 Å². The highest BCUT2D eigenvalue weighted by Crippen LogP contribution is 2.09. The summed E-state index contributed by atoms with van der Waals surface area (Å²) in [5.74, 6) is 0. The SMILES string of the molecule is C[Si](C)(C)c1cccc(C=Cc2ccccc2)c1. The van der Waals surface area contributed by atoms with Gasteiger partial charge in [0, 0.05) is 0 Å². The molecule has 0 aromatic heterocycles. The number of benzene rings is 2. The van der Waals surface area contributed by atoms with Gasteiger partial charge in [-0.25, -0.2) is 0 Å². The van der Waals surface area contributed by atoms with E-state index in [2.05, 4.69) is 80.3 Å². The van der Waals surface area contributed by atoms with Gasteiger partial charge in [-0.05, 0) is 11.1 Å². The first kappa shape index (κ1) is 12.8. The van der Waals surface area contributed by atoms with Crippen molar-refractivity contribution in [1.82, 2.24) is 0 Å². The average molecular weight is 252 g/mol. The van der Waals surface area contributed by atoms with E-state index in [1.165, 1.54) is 16.3 Å². The molecular formula is C17H20Si. The maximum absolute atomic E-state index is 2.38. The Hall–Kier alpha value is -1.60. The Kier molecular flexibility index (Phi) is 3.83. The minimum Gasteiger partial charge on any atom is -0.0656 e. The zero-order valence-corrected chi connectivity index (χ0v) is 12.4. The fraction of sp³-hybridized carbons (Fsp3) is 0.176. The summed E-state index contributed by atoms with van der Waals surface area (Å²) in [6, 6.07) is 19.3. The summed E-state index contributed by atoms with van der Waals surface area (Å²) in [7, 11) is -1.21. The molecule has 0 fully saturated rings. The molecule has 0 unspecified atom stereocenters. The molecule has 0 radical (unpaired) electrons. The van der Waals surface area contributed by atoms with Gasteiger partial charge in [0.25, 0.3) is 0 Å². The lowest BCUT2D eigenvalue weighted by Crippen LogP contribution is -2.37. The first-order valence-corrected chi connectivity index (χ1v) is 9.89. The van der Waals surface area contributed by atoms with Crippen molar-refractivity contribution in [3.63, 3.8) is 0 Å². The predicted octanol–water partition coefficient (Wildman–Crippen LogP) is 4.40. The number of hydrogen-bond donors (Lipinski definition) is 0. The molecule has 0 aliphatic heterocycles. The van der Waals surface area contributed by atoms with Gasteiger partial charge in [-0.3, -0.25) is 0 Å². The van der Waals surface area contributed by atoms with Crippen molar-refractivity contribution in [2.75, 3.05) is 0 Å². The summed E-state index contributed by atoms with van der Waals surface area (Å²) in [6.45, 7) is 7.15. The van der Waals surface area contributed by atoms with Crippen molar-refractivity contribution >= 4 is 25.4 Å². The Bertz CT molecular complexity index is 533. The lowest BCUT2D eigenvalue weighted by Gasteiger charge is -2.16. The number of rotatable bonds is 3. The maximum Gasteiger partial charge on any atom is 0.0776 e. The molecule has 2 aromatic carbocycles. The van der Waals surface area contributed by atoms with E-state index in [1.54, 1.807) is 0 Å². The van der Waals surface area contributed by atoms with E-state index in [-0.39, 0.29) is 0 Å². The summed E-state index contributed by atoms with van der Waals surface area (Å²) < 4.78 is 0. The van der Waals surface area contributed by atoms with Gasteiger partial charge < -0.3 is 0 Å². The summed E-state index contributed by atoms with van der Waals surface area (Å²) in [5.41, 5.74) is 2.54. The molecule has 18 heavy (non-hydrogen) atoms. The van der Waals surface area contributed by atoms with Gasteiger partial charge in [-0.2, -0.15) is 0 Å². The molecule has 0 bridgehead atoms. The summed E-state index contributed by atoms with van der Waals surface area (Å²) in [5, 5.41) is 1.51. The van der Waals surface area contributed by atoms with Crippen LogP contribution in [0.15, 0.2) is 54.6 Å².